The van der Waals surface area contributed by atoms with Gasteiger partial charge < -0.3 is 0 Å². The molecule has 91 heavy (non-hydrogen) atoms. The lowest BCUT2D eigenvalue weighted by atomic mass is 9.12. The molecule has 0 saturated heterocycles. The molecule has 0 aliphatic carbocycles. The van der Waals surface area contributed by atoms with E-state index in [1.165, 1.54) is 83.5 Å². The summed E-state index contributed by atoms with van der Waals surface area (Å²) in [6.07, 6.45) is -32.6. The highest BCUT2D eigenvalue weighted by Crippen LogP contribution is 2.42. The van der Waals surface area contributed by atoms with E-state index in [9.17, 15) is 115 Å². The second kappa shape index (κ2) is 30.2. The number of unbranched alkanes of at least 4 members (excludes halogenated alkanes) is 14. The first-order valence-corrected chi connectivity index (χ1v) is 28.4. The quantitative estimate of drug-likeness (QED) is 0.0199. The number of aromatic nitrogens is 1. The molecule has 0 radical (unpaired) electrons. The third-order valence-electron chi connectivity index (χ3n) is 15.1. The minimum Gasteiger partial charge on any atom is -0.287 e. The van der Waals surface area contributed by atoms with Gasteiger partial charge >= 0.3 is 49.4 Å². The van der Waals surface area contributed by atoms with Gasteiger partial charge in [0.2, 0.25) is 23.8 Å². The number of Topliss-reactive ketones (excluding diaryl/α,β-unsaturated/α-hetero) is 2. The molecule has 0 amide bonds. The lowest BCUT2D eigenvalue weighted by Gasteiger charge is -2.46. The molecule has 498 valence electrons. The van der Waals surface area contributed by atoms with Crippen LogP contribution in [-0.4, -0.2) is 17.7 Å². The fourth-order valence-electron chi connectivity index (χ4n) is 10.6. The maximum atomic E-state index is 14.2. The summed E-state index contributed by atoms with van der Waals surface area (Å²) in [5.74, 6) is 0.161. The predicted octanol–water partition coefficient (Wildman–Crippen LogP) is 19.5. The summed E-state index contributed by atoms with van der Waals surface area (Å²) in [6.45, 7) is 2.47. The summed E-state index contributed by atoms with van der Waals surface area (Å²) in [4.78, 5) is 25.3. The molecule has 0 N–H and O–H groups in total. The summed E-state index contributed by atoms with van der Waals surface area (Å²) in [6, 6.07) is 6.06. The monoisotopic (exact) mass is 1330 g/mol. The van der Waals surface area contributed by atoms with Crippen LogP contribution in [0.3, 0.4) is 0 Å². The zero-order valence-corrected chi connectivity index (χ0v) is 48.1. The molecule has 0 unspecified atom stereocenters. The number of hydrogen-bond donors (Lipinski definition) is 0. The Morgan fingerprint density at radius 1 is 0.319 bits per heavy atom. The Labute approximate surface area is 506 Å². The molecule has 0 aliphatic heterocycles. The van der Waals surface area contributed by atoms with E-state index in [1.54, 1.807) is 4.57 Å². The first kappa shape index (κ1) is 74.7. The van der Waals surface area contributed by atoms with Gasteiger partial charge in [0.25, 0.3) is 0 Å². The second-order valence-electron chi connectivity index (χ2n) is 21.8. The Balaban J connectivity index is 0.000000377. The molecule has 5 aromatic carbocycles. The molecule has 0 aliphatic rings. The van der Waals surface area contributed by atoms with Crippen LogP contribution in [0.5, 0.6) is 0 Å². The summed E-state index contributed by atoms with van der Waals surface area (Å²) in [7, 11) is 0. The van der Waals surface area contributed by atoms with E-state index in [0.29, 0.717) is 17.7 Å². The first-order valence-electron chi connectivity index (χ1n) is 28.4. The summed E-state index contributed by atoms with van der Waals surface area (Å²) in [5.41, 5.74) is -28.9. The predicted molar refractivity (Wildman–Crippen MR) is 291 cm³/mol. The molecule has 0 saturated carbocycles. The third-order valence-corrected chi connectivity index (χ3v) is 15.1. The molecule has 28 heteroatoms. The fraction of sp³-hybridized carbons (Fsp3) is 0.413. The maximum Gasteiger partial charge on any atom is 0.416 e. The smallest absolute Gasteiger partial charge is 0.287 e. The standard InChI is InChI=1S/C32H12BF24.C31H46NO2/c34-25(35,36)13-1-14(26(37,38)39)6-21(5-13)33(22-7-15(27(40,41)42)2-16(8-22)28(43,44)45,23-9-17(29(46,47)48)3-18(10-23)30(49,50)51)24-11-19(31(52,53)54)4-20(12-24)32(55,56)57;1-2-3-4-5-6-7-8-9-10-11-12-13-14-15-19-25-30(33)29-24-20-21-26-32(29)27-31(34)28-22-17-16-18-23-28/h1-12H;16-18,20-24,26H,2-15,19,25,27H2,1H3/q-1;+1. The number of hydrogen-bond acceptors (Lipinski definition) is 2. The molecule has 6 rings (SSSR count). The molecular formula is C63H58BF24NO2. The van der Waals surface area contributed by atoms with Crippen LogP contribution < -0.4 is 26.4 Å². The lowest BCUT2D eigenvalue weighted by Crippen LogP contribution is -2.75. The van der Waals surface area contributed by atoms with E-state index >= 15 is 0 Å². The minimum absolute atomic E-state index is 0.0258. The van der Waals surface area contributed by atoms with Crippen molar-refractivity contribution in [3.8, 4) is 0 Å². The van der Waals surface area contributed by atoms with Gasteiger partial charge in [0.1, 0.15) is 6.15 Å². The number of benzene rings is 5. The average molecular weight is 1330 g/mol. The SMILES string of the molecule is CCCCCCCCCCCCCCCCCC(=O)c1cccc[n+]1CC(=O)c1ccccc1.FC(F)(F)c1cc([B-](c2cc(C(F)(F)F)cc(C(F)(F)F)c2)(c2cc(C(F)(F)F)cc(C(F)(F)F)c2)c2cc(C(F)(F)F)cc(C(F)(F)F)c2)cc(C(F)(F)F)c1. The molecule has 0 fully saturated rings. The minimum atomic E-state index is -6.13. The second-order valence-corrected chi connectivity index (χ2v) is 21.8. The van der Waals surface area contributed by atoms with Crippen LogP contribution in [0.1, 0.15) is 175 Å². The van der Waals surface area contributed by atoms with Crippen molar-refractivity contribution in [2.45, 2.75) is 166 Å². The van der Waals surface area contributed by atoms with Gasteiger partial charge in [-0.05, 0) is 36.8 Å². The number of nitrogens with zero attached hydrogens (tertiary/aromatic N) is 1. The van der Waals surface area contributed by atoms with Crippen LogP contribution in [0.2, 0.25) is 0 Å². The molecular weight excluding hydrogens is 1270 g/mol. The van der Waals surface area contributed by atoms with Gasteiger partial charge in [0, 0.05) is 24.1 Å². The maximum absolute atomic E-state index is 14.2. The Bertz CT molecular complexity index is 2930. The van der Waals surface area contributed by atoms with Crippen LogP contribution in [0, 0.1) is 0 Å². The topological polar surface area (TPSA) is 38.0 Å². The number of pyridine rings is 1. The molecule has 1 heterocycles. The van der Waals surface area contributed by atoms with E-state index in [2.05, 4.69) is 6.92 Å². The van der Waals surface area contributed by atoms with Crippen molar-refractivity contribution >= 4 is 39.6 Å². The summed E-state index contributed by atoms with van der Waals surface area (Å²) >= 11 is 0. The molecule has 6 aromatic rings. The van der Waals surface area contributed by atoms with Crippen LogP contribution in [-0.2, 0) is 56.0 Å². The van der Waals surface area contributed by atoms with Gasteiger partial charge in [-0.15, -0.1) is 0 Å². The van der Waals surface area contributed by atoms with Crippen molar-refractivity contribution in [3.05, 3.63) is 183 Å². The van der Waals surface area contributed by atoms with Crippen molar-refractivity contribution in [2.75, 3.05) is 0 Å². The van der Waals surface area contributed by atoms with Crippen LogP contribution in [0.15, 0.2) is 128 Å². The highest BCUT2D eigenvalue weighted by atomic mass is 19.4. The number of alkyl halides is 24. The Hall–Kier alpha value is -7.03. The molecule has 0 atom stereocenters. The first-order chi connectivity index (χ1) is 42.0. The summed E-state index contributed by atoms with van der Waals surface area (Å²) < 4.78 is 343. The number of ketones is 2. The Morgan fingerprint density at radius 3 is 0.835 bits per heavy atom. The largest absolute Gasteiger partial charge is 0.416 e. The zero-order chi connectivity index (χ0) is 68.2. The van der Waals surface area contributed by atoms with Gasteiger partial charge in [-0.1, -0.05) is 176 Å². The number of carbonyl (C=O) groups is 2. The number of halogens is 24. The van der Waals surface area contributed by atoms with Gasteiger partial charge in [0.05, 0.1) is 44.5 Å². The molecule has 3 nitrogen and oxygen atoms in total. The van der Waals surface area contributed by atoms with Crippen LogP contribution in [0.25, 0.3) is 0 Å². The van der Waals surface area contributed by atoms with E-state index in [-0.39, 0.29) is 18.1 Å². The highest BCUT2D eigenvalue weighted by Gasteiger charge is 2.47. The van der Waals surface area contributed by atoms with Gasteiger partial charge in [0.15, 0.2) is 6.20 Å². The van der Waals surface area contributed by atoms with E-state index in [1.807, 2.05) is 54.7 Å². The Kier molecular flexibility index (Phi) is 24.8. The van der Waals surface area contributed by atoms with E-state index in [4.69, 9.17) is 0 Å². The van der Waals surface area contributed by atoms with Crippen LogP contribution in [0.4, 0.5) is 105 Å². The van der Waals surface area contributed by atoms with Crippen molar-refractivity contribution in [1.82, 2.24) is 0 Å². The molecule has 0 bridgehead atoms. The van der Waals surface area contributed by atoms with Crippen molar-refractivity contribution < 1.29 is 120 Å². The van der Waals surface area contributed by atoms with Crippen molar-refractivity contribution in [3.63, 3.8) is 0 Å². The van der Waals surface area contributed by atoms with Crippen LogP contribution >= 0.6 is 0 Å². The van der Waals surface area contributed by atoms with E-state index in [0.717, 1.165) is 12.8 Å². The molecule has 0 spiro atoms. The Morgan fingerprint density at radius 2 is 0.571 bits per heavy atom. The highest BCUT2D eigenvalue weighted by molar-refractivity contribution is 7.20. The van der Waals surface area contributed by atoms with Crippen molar-refractivity contribution in [2.24, 2.45) is 0 Å². The number of carbonyl (C=O) groups excluding carboxylic acids is 2. The van der Waals surface area contributed by atoms with Gasteiger partial charge in [-0.3, -0.25) is 9.59 Å². The van der Waals surface area contributed by atoms with E-state index < -0.39 is 195 Å². The van der Waals surface area contributed by atoms with Crippen molar-refractivity contribution in [1.29, 1.82) is 0 Å². The van der Waals surface area contributed by atoms with Gasteiger partial charge in [-0.25, -0.2) is 0 Å². The summed E-state index contributed by atoms with van der Waals surface area (Å²) in [5, 5.41) is 0. The lowest BCUT2D eigenvalue weighted by molar-refractivity contribution is -0.685. The molecule has 1 aromatic heterocycles. The third kappa shape index (κ3) is 21.0. The zero-order valence-electron chi connectivity index (χ0n) is 48.1. The fourth-order valence-corrected chi connectivity index (χ4v) is 10.6. The van der Waals surface area contributed by atoms with Gasteiger partial charge in [-0.2, -0.15) is 132 Å². The number of rotatable bonds is 24. The average Bonchev–Trinajstić information content (AvgIpc) is 0.714. The normalized spacial score (nSPS) is 13.1.